The van der Waals surface area contributed by atoms with Crippen LogP contribution in [0.2, 0.25) is 0 Å². The molecule has 0 bridgehead atoms. The average molecular weight is 254 g/mol. The molecule has 2 unspecified atom stereocenters. The minimum atomic E-state index is -0.887. The van der Waals surface area contributed by atoms with Gasteiger partial charge in [0, 0.05) is 12.6 Å². The van der Waals surface area contributed by atoms with Crippen LogP contribution in [0.25, 0.3) is 0 Å². The highest BCUT2D eigenvalue weighted by Gasteiger charge is 2.43. The van der Waals surface area contributed by atoms with Gasteiger partial charge in [0.1, 0.15) is 0 Å². The number of hydrogen-bond acceptors (Lipinski definition) is 2. The number of nitrogens with one attached hydrogen (secondary N) is 2. The predicted octanol–water partition coefficient (Wildman–Crippen LogP) is 1.73. The van der Waals surface area contributed by atoms with Gasteiger partial charge in [-0.15, -0.1) is 0 Å². The van der Waals surface area contributed by atoms with Crippen LogP contribution in [0.1, 0.15) is 44.9 Å². The molecular formula is C13H22N2O3. The van der Waals surface area contributed by atoms with Crippen LogP contribution in [-0.4, -0.2) is 29.7 Å². The summed E-state index contributed by atoms with van der Waals surface area (Å²) in [4.78, 5) is 21.8. The third-order valence-corrected chi connectivity index (χ3v) is 4.04. The summed E-state index contributed by atoms with van der Waals surface area (Å²) >= 11 is 0. The Bertz CT molecular complexity index is 313. The van der Waals surface area contributed by atoms with Crippen LogP contribution in [-0.2, 0) is 4.79 Å². The first-order valence-corrected chi connectivity index (χ1v) is 6.93. The molecule has 0 spiro atoms. The summed E-state index contributed by atoms with van der Waals surface area (Å²) in [5, 5.41) is 14.0. The van der Waals surface area contributed by atoms with E-state index in [0.717, 1.165) is 12.3 Å². The zero-order valence-electron chi connectivity index (χ0n) is 10.7. The monoisotopic (exact) mass is 254 g/mol. The highest BCUT2D eigenvalue weighted by molar-refractivity contribution is 5.75. The Labute approximate surface area is 107 Å². The zero-order valence-corrected chi connectivity index (χ0v) is 10.7. The van der Waals surface area contributed by atoms with Crippen LogP contribution in [0.15, 0.2) is 0 Å². The molecule has 2 saturated carbocycles. The minimum absolute atomic E-state index is 0.0237. The lowest BCUT2D eigenvalue weighted by Crippen LogP contribution is -2.38. The first-order chi connectivity index (χ1) is 8.66. The van der Waals surface area contributed by atoms with Crippen molar-refractivity contribution in [2.24, 2.45) is 11.8 Å². The van der Waals surface area contributed by atoms with Gasteiger partial charge in [0.15, 0.2) is 0 Å². The van der Waals surface area contributed by atoms with Crippen LogP contribution in [0.3, 0.4) is 0 Å². The number of rotatable bonds is 5. The molecule has 2 aliphatic rings. The van der Waals surface area contributed by atoms with Crippen molar-refractivity contribution in [2.75, 3.05) is 6.54 Å². The highest BCUT2D eigenvalue weighted by atomic mass is 16.4. The molecule has 0 radical (unpaired) electrons. The number of aliphatic carboxylic acids is 1. The number of carbonyl (C=O) groups excluding carboxylic acids is 1. The van der Waals surface area contributed by atoms with E-state index in [0.29, 0.717) is 12.0 Å². The molecule has 2 amide bonds. The molecule has 0 aliphatic heterocycles. The fourth-order valence-electron chi connectivity index (χ4n) is 2.97. The molecule has 0 saturated heterocycles. The maximum Gasteiger partial charge on any atom is 0.315 e. The normalized spacial score (nSPS) is 27.6. The Balaban J connectivity index is 1.60. The van der Waals surface area contributed by atoms with Crippen molar-refractivity contribution in [3.8, 4) is 0 Å². The molecule has 5 heteroatoms. The number of amides is 2. The van der Waals surface area contributed by atoms with Gasteiger partial charge in [0.2, 0.25) is 0 Å². The van der Waals surface area contributed by atoms with Gasteiger partial charge >= 0.3 is 12.0 Å². The van der Waals surface area contributed by atoms with Gasteiger partial charge in [0.25, 0.3) is 0 Å². The lowest BCUT2D eigenvalue weighted by molar-refractivity contribution is -0.136. The van der Waals surface area contributed by atoms with E-state index in [1.807, 2.05) is 0 Å². The van der Waals surface area contributed by atoms with Crippen molar-refractivity contribution in [3.63, 3.8) is 0 Å². The quantitative estimate of drug-likeness (QED) is 0.699. The van der Waals surface area contributed by atoms with Crippen LogP contribution in [0, 0.1) is 11.8 Å². The summed E-state index contributed by atoms with van der Waals surface area (Å²) in [6, 6.07) is 0.0949. The Morgan fingerprint density at radius 2 is 1.89 bits per heavy atom. The first kappa shape index (κ1) is 13.2. The topological polar surface area (TPSA) is 78.4 Å². The van der Waals surface area contributed by atoms with Crippen molar-refractivity contribution in [1.29, 1.82) is 0 Å². The Kier molecular flexibility index (Phi) is 4.44. The van der Waals surface area contributed by atoms with E-state index in [9.17, 15) is 9.59 Å². The van der Waals surface area contributed by atoms with Gasteiger partial charge in [-0.2, -0.15) is 0 Å². The van der Waals surface area contributed by atoms with Crippen molar-refractivity contribution in [3.05, 3.63) is 0 Å². The average Bonchev–Trinajstić information content (AvgIpc) is 3.09. The SMILES string of the molecule is O=C(O)CCNC(=O)NC1CC1C1CCCCC1. The Morgan fingerprint density at radius 3 is 2.56 bits per heavy atom. The summed E-state index contributed by atoms with van der Waals surface area (Å²) in [7, 11) is 0. The van der Waals surface area contributed by atoms with E-state index in [4.69, 9.17) is 5.11 Å². The van der Waals surface area contributed by atoms with E-state index in [1.54, 1.807) is 0 Å². The van der Waals surface area contributed by atoms with Crippen LogP contribution < -0.4 is 10.6 Å². The second kappa shape index (κ2) is 6.07. The summed E-state index contributed by atoms with van der Waals surface area (Å²) in [6.45, 7) is 0.196. The van der Waals surface area contributed by atoms with Crippen molar-refractivity contribution in [1.82, 2.24) is 10.6 Å². The molecule has 18 heavy (non-hydrogen) atoms. The highest BCUT2D eigenvalue weighted by Crippen LogP contribution is 2.44. The van der Waals surface area contributed by atoms with E-state index >= 15 is 0 Å². The van der Waals surface area contributed by atoms with Gasteiger partial charge in [-0.3, -0.25) is 4.79 Å². The lowest BCUT2D eigenvalue weighted by Gasteiger charge is -2.21. The molecule has 3 N–H and O–H groups in total. The summed E-state index contributed by atoms with van der Waals surface area (Å²) < 4.78 is 0. The third kappa shape index (κ3) is 3.89. The first-order valence-electron chi connectivity index (χ1n) is 6.93. The fraction of sp³-hybridized carbons (Fsp3) is 0.846. The summed E-state index contributed by atoms with van der Waals surface area (Å²) in [5.74, 6) is 0.570. The number of urea groups is 1. The van der Waals surface area contributed by atoms with Gasteiger partial charge in [-0.25, -0.2) is 4.79 Å². The summed E-state index contributed by atoms with van der Waals surface area (Å²) in [5.41, 5.74) is 0. The summed E-state index contributed by atoms with van der Waals surface area (Å²) in [6.07, 6.45) is 7.71. The number of carbonyl (C=O) groups is 2. The molecule has 2 rings (SSSR count). The second-order valence-corrected chi connectivity index (χ2v) is 5.45. The molecule has 0 aromatic heterocycles. The second-order valence-electron chi connectivity index (χ2n) is 5.45. The largest absolute Gasteiger partial charge is 0.481 e. The van der Waals surface area contributed by atoms with Gasteiger partial charge in [-0.05, 0) is 18.3 Å². The number of carboxylic acids is 1. The molecule has 102 valence electrons. The Morgan fingerprint density at radius 1 is 1.17 bits per heavy atom. The standard InChI is InChI=1S/C13H22N2O3/c16-12(17)6-7-14-13(18)15-11-8-10(11)9-4-2-1-3-5-9/h9-11H,1-8H2,(H,16,17)(H2,14,15,18). The van der Waals surface area contributed by atoms with E-state index < -0.39 is 5.97 Å². The number of carboxylic acid groups (broad SMARTS) is 1. The molecule has 0 aromatic carbocycles. The maximum atomic E-state index is 11.5. The van der Waals surface area contributed by atoms with Gasteiger partial charge in [-0.1, -0.05) is 32.1 Å². The molecule has 2 atom stereocenters. The Hall–Kier alpha value is -1.26. The van der Waals surface area contributed by atoms with E-state index in [2.05, 4.69) is 10.6 Å². The van der Waals surface area contributed by atoms with Crippen molar-refractivity contribution < 1.29 is 14.7 Å². The molecule has 5 nitrogen and oxygen atoms in total. The molecular weight excluding hydrogens is 232 g/mol. The van der Waals surface area contributed by atoms with Crippen LogP contribution in [0.5, 0.6) is 0 Å². The third-order valence-electron chi connectivity index (χ3n) is 4.04. The van der Waals surface area contributed by atoms with Gasteiger partial charge in [0.05, 0.1) is 6.42 Å². The molecule has 2 fully saturated rings. The van der Waals surface area contributed by atoms with E-state index in [1.165, 1.54) is 32.1 Å². The molecule has 0 aromatic rings. The predicted molar refractivity (Wildman–Crippen MR) is 67.3 cm³/mol. The fourth-order valence-corrected chi connectivity index (χ4v) is 2.97. The lowest BCUT2D eigenvalue weighted by atomic mass is 9.85. The van der Waals surface area contributed by atoms with Crippen molar-refractivity contribution >= 4 is 12.0 Å². The van der Waals surface area contributed by atoms with Crippen molar-refractivity contribution in [2.45, 2.75) is 51.0 Å². The van der Waals surface area contributed by atoms with E-state index in [-0.39, 0.29) is 19.0 Å². The van der Waals surface area contributed by atoms with Gasteiger partial charge < -0.3 is 15.7 Å². The molecule has 0 heterocycles. The molecule has 2 aliphatic carbocycles. The zero-order chi connectivity index (χ0) is 13.0. The minimum Gasteiger partial charge on any atom is -0.481 e. The maximum absolute atomic E-state index is 11.5. The smallest absolute Gasteiger partial charge is 0.315 e. The van der Waals surface area contributed by atoms with Crippen LogP contribution in [0.4, 0.5) is 4.79 Å². The number of hydrogen-bond donors (Lipinski definition) is 3. The van der Waals surface area contributed by atoms with Crippen LogP contribution >= 0.6 is 0 Å².